The van der Waals surface area contributed by atoms with Crippen LogP contribution in [0.3, 0.4) is 0 Å². The van der Waals surface area contributed by atoms with E-state index in [0.29, 0.717) is 15.1 Å². The highest BCUT2D eigenvalue weighted by Gasteiger charge is 2.13. The van der Waals surface area contributed by atoms with Gasteiger partial charge in [0, 0.05) is 31.8 Å². The lowest BCUT2D eigenvalue weighted by Crippen LogP contribution is -1.92. The minimum absolute atomic E-state index is 0.645. The van der Waals surface area contributed by atoms with Gasteiger partial charge < -0.3 is 0 Å². The van der Waals surface area contributed by atoms with E-state index in [9.17, 15) is 0 Å². The van der Waals surface area contributed by atoms with Crippen molar-refractivity contribution in [1.82, 2.24) is 4.98 Å². The van der Waals surface area contributed by atoms with Crippen molar-refractivity contribution in [1.29, 1.82) is 0 Å². The van der Waals surface area contributed by atoms with Crippen molar-refractivity contribution in [2.24, 2.45) is 0 Å². The van der Waals surface area contributed by atoms with Gasteiger partial charge in [-0.1, -0.05) is 89.4 Å². The van der Waals surface area contributed by atoms with E-state index in [1.54, 1.807) is 0 Å². The number of hydrogen-bond acceptors (Lipinski definition) is 1. The first-order valence-corrected chi connectivity index (χ1v) is 9.53. The molecule has 4 heteroatoms. The molecule has 0 radical (unpaired) electrons. The molecule has 0 N–H and O–H groups in total. The van der Waals surface area contributed by atoms with Crippen molar-refractivity contribution in [2.45, 2.75) is 0 Å². The fraction of sp³-hybridized carbons (Fsp3) is 0. The molecule has 0 aliphatic carbocycles. The van der Waals surface area contributed by atoms with Gasteiger partial charge in [-0.05, 0) is 35.9 Å². The van der Waals surface area contributed by atoms with Crippen LogP contribution in [0.15, 0.2) is 84.9 Å². The standard InChI is InChI=1S/C23H14Cl3N/c24-19-10-4-1-7-16(19)15-13-22(17-8-2-5-11-20(17)25)27-23(14-15)18-9-3-6-12-21(18)26/h1-14H. The van der Waals surface area contributed by atoms with Crippen molar-refractivity contribution in [3.05, 3.63) is 100.0 Å². The normalized spacial score (nSPS) is 10.8. The van der Waals surface area contributed by atoms with Gasteiger partial charge >= 0.3 is 0 Å². The first kappa shape index (κ1) is 18.1. The Kier molecular flexibility index (Phi) is 5.18. The molecule has 3 aromatic carbocycles. The number of halogens is 3. The van der Waals surface area contributed by atoms with Crippen molar-refractivity contribution in [3.63, 3.8) is 0 Å². The Morgan fingerprint density at radius 2 is 0.852 bits per heavy atom. The highest BCUT2D eigenvalue weighted by molar-refractivity contribution is 6.34. The summed E-state index contributed by atoms with van der Waals surface area (Å²) in [5.74, 6) is 0. The third kappa shape index (κ3) is 3.72. The fourth-order valence-corrected chi connectivity index (χ4v) is 3.71. The molecule has 0 atom stereocenters. The Bertz CT molecular complexity index is 968. The van der Waals surface area contributed by atoms with Crippen LogP contribution in [-0.4, -0.2) is 4.98 Å². The van der Waals surface area contributed by atoms with Crippen molar-refractivity contribution in [3.8, 4) is 33.6 Å². The van der Waals surface area contributed by atoms with Crippen LogP contribution in [0.4, 0.5) is 0 Å². The molecule has 0 aliphatic heterocycles. The monoisotopic (exact) mass is 409 g/mol. The molecule has 0 spiro atoms. The van der Waals surface area contributed by atoms with Crippen LogP contribution < -0.4 is 0 Å². The lowest BCUT2D eigenvalue weighted by Gasteiger charge is -2.12. The maximum Gasteiger partial charge on any atom is 0.0730 e. The van der Waals surface area contributed by atoms with Gasteiger partial charge in [0.15, 0.2) is 0 Å². The second-order valence-corrected chi connectivity index (χ2v) is 7.29. The molecule has 0 amide bonds. The molecule has 0 unspecified atom stereocenters. The molecule has 4 rings (SSSR count). The Morgan fingerprint density at radius 1 is 0.481 bits per heavy atom. The molecule has 4 aromatic rings. The van der Waals surface area contributed by atoms with Gasteiger partial charge in [-0.2, -0.15) is 0 Å². The number of aromatic nitrogens is 1. The molecule has 0 fully saturated rings. The van der Waals surface area contributed by atoms with Gasteiger partial charge in [0.25, 0.3) is 0 Å². The molecule has 1 nitrogen and oxygen atoms in total. The topological polar surface area (TPSA) is 12.9 Å². The van der Waals surface area contributed by atoms with E-state index < -0.39 is 0 Å². The lowest BCUT2D eigenvalue weighted by molar-refractivity contribution is 1.32. The SMILES string of the molecule is Clc1ccccc1-c1cc(-c2ccccc2Cl)nc(-c2ccccc2Cl)c1. The largest absolute Gasteiger partial charge is 0.248 e. The average molecular weight is 411 g/mol. The second-order valence-electron chi connectivity index (χ2n) is 6.07. The smallest absolute Gasteiger partial charge is 0.0730 e. The molecule has 0 saturated heterocycles. The summed E-state index contributed by atoms with van der Waals surface area (Å²) < 4.78 is 0. The van der Waals surface area contributed by atoms with E-state index in [4.69, 9.17) is 39.8 Å². The van der Waals surface area contributed by atoms with E-state index in [0.717, 1.165) is 33.6 Å². The number of hydrogen-bond donors (Lipinski definition) is 0. The van der Waals surface area contributed by atoms with E-state index in [1.807, 2.05) is 84.9 Å². The third-order valence-electron chi connectivity index (χ3n) is 4.31. The zero-order valence-corrected chi connectivity index (χ0v) is 16.4. The maximum atomic E-state index is 6.45. The summed E-state index contributed by atoms with van der Waals surface area (Å²) in [5, 5.41) is 1.97. The molecule has 0 bridgehead atoms. The molecular formula is C23H14Cl3N. The summed E-state index contributed by atoms with van der Waals surface area (Å²) in [7, 11) is 0. The van der Waals surface area contributed by atoms with Gasteiger partial charge in [0.2, 0.25) is 0 Å². The highest BCUT2D eigenvalue weighted by Crippen LogP contribution is 2.36. The van der Waals surface area contributed by atoms with Gasteiger partial charge in [-0.25, -0.2) is 4.98 Å². The predicted molar refractivity (Wildman–Crippen MR) is 116 cm³/mol. The molecule has 0 aliphatic rings. The fourth-order valence-electron chi connectivity index (χ4n) is 3.00. The van der Waals surface area contributed by atoms with Gasteiger partial charge in [-0.15, -0.1) is 0 Å². The van der Waals surface area contributed by atoms with E-state index >= 15 is 0 Å². The first-order valence-electron chi connectivity index (χ1n) is 8.40. The quantitative estimate of drug-likeness (QED) is 0.333. The van der Waals surface area contributed by atoms with Crippen LogP contribution in [0.25, 0.3) is 33.6 Å². The van der Waals surface area contributed by atoms with Crippen LogP contribution in [0.1, 0.15) is 0 Å². The molecule has 27 heavy (non-hydrogen) atoms. The molecule has 1 aromatic heterocycles. The van der Waals surface area contributed by atoms with Crippen LogP contribution in [-0.2, 0) is 0 Å². The molecule has 1 heterocycles. The first-order chi connectivity index (χ1) is 13.1. The Morgan fingerprint density at radius 3 is 1.26 bits per heavy atom. The number of benzene rings is 3. The minimum Gasteiger partial charge on any atom is -0.248 e. The summed E-state index contributed by atoms with van der Waals surface area (Å²) in [4.78, 5) is 4.84. The van der Waals surface area contributed by atoms with Crippen molar-refractivity contribution < 1.29 is 0 Å². The Hall–Kier alpha value is -2.32. The average Bonchev–Trinajstić information content (AvgIpc) is 2.69. The van der Waals surface area contributed by atoms with Gasteiger partial charge in [0.05, 0.1) is 11.4 Å². The van der Waals surface area contributed by atoms with E-state index in [2.05, 4.69) is 0 Å². The van der Waals surface area contributed by atoms with Crippen molar-refractivity contribution in [2.75, 3.05) is 0 Å². The minimum atomic E-state index is 0.645. The Labute approximate surface area is 173 Å². The molecule has 132 valence electrons. The predicted octanol–water partition coefficient (Wildman–Crippen LogP) is 8.04. The van der Waals surface area contributed by atoms with Crippen LogP contribution in [0.2, 0.25) is 15.1 Å². The van der Waals surface area contributed by atoms with E-state index in [-0.39, 0.29) is 0 Å². The number of nitrogens with zero attached hydrogens (tertiary/aromatic N) is 1. The summed E-state index contributed by atoms with van der Waals surface area (Å²) in [5.41, 5.74) is 5.16. The highest BCUT2D eigenvalue weighted by atomic mass is 35.5. The summed E-state index contributed by atoms with van der Waals surface area (Å²) >= 11 is 19.3. The Balaban J connectivity index is 1.99. The second kappa shape index (κ2) is 7.74. The maximum absolute atomic E-state index is 6.45. The number of rotatable bonds is 3. The van der Waals surface area contributed by atoms with Crippen LogP contribution in [0, 0.1) is 0 Å². The van der Waals surface area contributed by atoms with Crippen LogP contribution >= 0.6 is 34.8 Å². The summed E-state index contributed by atoms with van der Waals surface area (Å²) in [6.07, 6.45) is 0. The van der Waals surface area contributed by atoms with Gasteiger partial charge in [0.1, 0.15) is 0 Å². The zero-order chi connectivity index (χ0) is 18.8. The number of pyridine rings is 1. The van der Waals surface area contributed by atoms with Crippen molar-refractivity contribution >= 4 is 34.8 Å². The van der Waals surface area contributed by atoms with E-state index in [1.165, 1.54) is 0 Å². The molecular weight excluding hydrogens is 397 g/mol. The lowest BCUT2D eigenvalue weighted by atomic mass is 10.00. The summed E-state index contributed by atoms with van der Waals surface area (Å²) in [6, 6.07) is 27.1. The zero-order valence-electron chi connectivity index (χ0n) is 14.2. The van der Waals surface area contributed by atoms with Crippen LogP contribution in [0.5, 0.6) is 0 Å². The van der Waals surface area contributed by atoms with Gasteiger partial charge in [-0.3, -0.25) is 0 Å². The third-order valence-corrected chi connectivity index (χ3v) is 5.30. The molecule has 0 saturated carbocycles. The summed E-state index contributed by atoms with van der Waals surface area (Å²) in [6.45, 7) is 0.